The highest BCUT2D eigenvalue weighted by molar-refractivity contribution is 5.47. The monoisotopic (exact) mass is 265 g/mol. The molecule has 4 heterocycles. The lowest BCUT2D eigenvalue weighted by Crippen LogP contribution is -2.48. The van der Waals surface area contributed by atoms with Crippen LogP contribution in [0, 0.1) is 11.3 Å². The zero-order valence-electron chi connectivity index (χ0n) is 10.6. The molecule has 98 valence electrons. The summed E-state index contributed by atoms with van der Waals surface area (Å²) in [5.41, 5.74) is 1.44. The van der Waals surface area contributed by atoms with Crippen LogP contribution in [0.15, 0.2) is 36.9 Å². The van der Waals surface area contributed by atoms with Gasteiger partial charge in [-0.25, -0.2) is 9.50 Å². The highest BCUT2D eigenvalue weighted by Crippen LogP contribution is 2.25. The fourth-order valence-corrected chi connectivity index (χ4v) is 2.38. The Labute approximate surface area is 114 Å². The summed E-state index contributed by atoms with van der Waals surface area (Å²) in [7, 11) is 0. The van der Waals surface area contributed by atoms with Crippen LogP contribution in [0.5, 0.6) is 0 Å². The molecule has 7 heteroatoms. The largest absolute Gasteiger partial charge is 0.351 e. The van der Waals surface area contributed by atoms with E-state index in [-0.39, 0.29) is 0 Å². The number of nitrogens with zero attached hydrogens (tertiary/aromatic N) is 7. The minimum Gasteiger partial charge on any atom is -0.351 e. The average molecular weight is 265 g/mol. The summed E-state index contributed by atoms with van der Waals surface area (Å²) in [6.07, 6.45) is 6.95. The predicted octanol–water partition coefficient (Wildman–Crippen LogP) is 0.859. The van der Waals surface area contributed by atoms with Crippen molar-refractivity contribution in [3.8, 4) is 6.07 Å². The number of hydrogen-bond donors (Lipinski definition) is 0. The molecule has 0 amide bonds. The Morgan fingerprint density at radius 3 is 3.00 bits per heavy atom. The quantitative estimate of drug-likeness (QED) is 0.687. The van der Waals surface area contributed by atoms with Gasteiger partial charge in [0, 0.05) is 31.7 Å². The summed E-state index contributed by atoms with van der Waals surface area (Å²) in [5, 5.41) is 17.5. The van der Waals surface area contributed by atoms with Crippen molar-refractivity contribution in [2.24, 2.45) is 0 Å². The first kappa shape index (κ1) is 11.0. The highest BCUT2D eigenvalue weighted by Gasteiger charge is 2.30. The van der Waals surface area contributed by atoms with Crippen LogP contribution in [0.25, 0.3) is 5.65 Å². The molecule has 1 aliphatic heterocycles. The molecule has 1 saturated heterocycles. The molecule has 0 atom stereocenters. The molecular formula is C13H11N7. The Morgan fingerprint density at radius 2 is 2.20 bits per heavy atom. The van der Waals surface area contributed by atoms with Crippen molar-refractivity contribution in [1.82, 2.24) is 24.4 Å². The molecule has 0 aromatic carbocycles. The normalized spacial score (nSPS) is 15.2. The van der Waals surface area contributed by atoms with E-state index in [2.05, 4.69) is 26.2 Å². The fraction of sp³-hybridized carbons (Fsp3) is 0.231. The van der Waals surface area contributed by atoms with Crippen LogP contribution in [0.2, 0.25) is 0 Å². The second-order valence-electron chi connectivity index (χ2n) is 4.80. The maximum atomic E-state index is 8.80. The number of aromatic nitrogens is 5. The number of anilines is 1. The Kier molecular flexibility index (Phi) is 2.23. The molecule has 3 aromatic rings. The molecule has 3 aromatic heterocycles. The summed E-state index contributed by atoms with van der Waals surface area (Å²) in [6, 6.07) is 6.32. The van der Waals surface area contributed by atoms with Gasteiger partial charge < -0.3 is 4.90 Å². The van der Waals surface area contributed by atoms with E-state index in [1.807, 2.05) is 23.0 Å². The molecule has 1 fully saturated rings. The molecule has 0 unspecified atom stereocenters. The van der Waals surface area contributed by atoms with E-state index < -0.39 is 0 Å². The number of fused-ring (bicyclic) bond motifs is 1. The van der Waals surface area contributed by atoms with Crippen molar-refractivity contribution < 1.29 is 0 Å². The zero-order chi connectivity index (χ0) is 13.5. The first-order valence-corrected chi connectivity index (χ1v) is 6.33. The summed E-state index contributed by atoms with van der Waals surface area (Å²) < 4.78 is 3.62. The van der Waals surface area contributed by atoms with Crippen LogP contribution < -0.4 is 4.90 Å². The van der Waals surface area contributed by atoms with E-state index >= 15 is 0 Å². The standard InChI is InChI=1S/C13H11N7/c14-5-10-6-16-20(7-10)11-8-18(9-11)13-2-1-12-15-3-4-19(12)17-13/h1-4,6-7,11H,8-9H2. The first-order chi connectivity index (χ1) is 9.83. The Morgan fingerprint density at radius 1 is 1.30 bits per heavy atom. The van der Waals surface area contributed by atoms with Crippen LogP contribution in [-0.4, -0.2) is 37.5 Å². The van der Waals surface area contributed by atoms with Crippen molar-refractivity contribution in [3.05, 3.63) is 42.5 Å². The minimum absolute atomic E-state index is 0.303. The number of rotatable bonds is 2. The second kappa shape index (κ2) is 4.06. The van der Waals surface area contributed by atoms with Gasteiger partial charge >= 0.3 is 0 Å². The van der Waals surface area contributed by atoms with Crippen molar-refractivity contribution in [2.75, 3.05) is 18.0 Å². The van der Waals surface area contributed by atoms with E-state index in [9.17, 15) is 0 Å². The van der Waals surface area contributed by atoms with Gasteiger partial charge in [-0.2, -0.15) is 10.4 Å². The Bertz CT molecular complexity index is 803. The molecule has 0 radical (unpaired) electrons. The SMILES string of the molecule is N#Cc1cnn(C2CN(c3ccc4nccn4n3)C2)c1. The Hall–Kier alpha value is -2.88. The van der Waals surface area contributed by atoms with Gasteiger partial charge in [0.25, 0.3) is 0 Å². The summed E-state index contributed by atoms with van der Waals surface area (Å²) in [5.74, 6) is 0.930. The fourth-order valence-electron chi connectivity index (χ4n) is 2.38. The van der Waals surface area contributed by atoms with Gasteiger partial charge in [-0.05, 0) is 12.1 Å². The molecule has 0 N–H and O–H groups in total. The van der Waals surface area contributed by atoms with Crippen molar-refractivity contribution in [2.45, 2.75) is 6.04 Å². The molecule has 0 bridgehead atoms. The van der Waals surface area contributed by atoms with E-state index in [0.29, 0.717) is 11.6 Å². The molecule has 0 aliphatic carbocycles. The van der Waals surface area contributed by atoms with Gasteiger partial charge in [0.1, 0.15) is 11.9 Å². The summed E-state index contributed by atoms with van der Waals surface area (Å²) in [4.78, 5) is 6.35. The summed E-state index contributed by atoms with van der Waals surface area (Å²) >= 11 is 0. The van der Waals surface area contributed by atoms with E-state index in [1.165, 1.54) is 0 Å². The topological polar surface area (TPSA) is 75.0 Å². The van der Waals surface area contributed by atoms with Gasteiger partial charge in [0.2, 0.25) is 0 Å². The number of imidazole rings is 1. The smallest absolute Gasteiger partial charge is 0.153 e. The molecule has 0 saturated carbocycles. The van der Waals surface area contributed by atoms with Crippen LogP contribution in [0.3, 0.4) is 0 Å². The lowest BCUT2D eigenvalue weighted by atomic mass is 10.1. The van der Waals surface area contributed by atoms with Crippen molar-refractivity contribution in [1.29, 1.82) is 5.26 Å². The third-order valence-corrected chi connectivity index (χ3v) is 3.53. The maximum Gasteiger partial charge on any atom is 0.153 e. The second-order valence-corrected chi connectivity index (χ2v) is 4.80. The molecule has 20 heavy (non-hydrogen) atoms. The number of hydrogen-bond acceptors (Lipinski definition) is 5. The van der Waals surface area contributed by atoms with Gasteiger partial charge in [-0.1, -0.05) is 0 Å². The lowest BCUT2D eigenvalue weighted by Gasteiger charge is -2.39. The number of nitriles is 1. The summed E-state index contributed by atoms with van der Waals surface area (Å²) in [6.45, 7) is 1.69. The van der Waals surface area contributed by atoms with Crippen LogP contribution >= 0.6 is 0 Å². The molecule has 1 aliphatic rings. The van der Waals surface area contributed by atoms with Crippen LogP contribution in [-0.2, 0) is 0 Å². The average Bonchev–Trinajstić information content (AvgIpc) is 3.04. The van der Waals surface area contributed by atoms with Crippen molar-refractivity contribution in [3.63, 3.8) is 0 Å². The maximum absolute atomic E-state index is 8.80. The molecular weight excluding hydrogens is 254 g/mol. The van der Waals surface area contributed by atoms with Gasteiger partial charge in [-0.15, -0.1) is 5.10 Å². The van der Waals surface area contributed by atoms with E-state index in [4.69, 9.17) is 5.26 Å². The Balaban J connectivity index is 1.51. The first-order valence-electron chi connectivity index (χ1n) is 6.33. The predicted molar refractivity (Wildman–Crippen MR) is 71.2 cm³/mol. The molecule has 0 spiro atoms. The van der Waals surface area contributed by atoms with Gasteiger partial charge in [0.05, 0.1) is 17.8 Å². The van der Waals surface area contributed by atoms with Crippen molar-refractivity contribution >= 4 is 11.5 Å². The van der Waals surface area contributed by atoms with Crippen LogP contribution in [0.4, 0.5) is 5.82 Å². The van der Waals surface area contributed by atoms with Crippen LogP contribution in [0.1, 0.15) is 11.6 Å². The van der Waals surface area contributed by atoms with Gasteiger partial charge in [0.15, 0.2) is 5.65 Å². The lowest BCUT2D eigenvalue weighted by molar-refractivity contribution is 0.365. The third kappa shape index (κ3) is 1.62. The third-order valence-electron chi connectivity index (χ3n) is 3.53. The van der Waals surface area contributed by atoms with E-state index in [0.717, 1.165) is 24.6 Å². The minimum atomic E-state index is 0.303. The molecule has 7 nitrogen and oxygen atoms in total. The van der Waals surface area contributed by atoms with Gasteiger partial charge in [-0.3, -0.25) is 4.68 Å². The zero-order valence-corrected chi connectivity index (χ0v) is 10.6. The highest BCUT2D eigenvalue weighted by atomic mass is 15.4. The molecule has 4 rings (SSSR count). The van der Waals surface area contributed by atoms with E-state index in [1.54, 1.807) is 23.1 Å².